The number of halogens is 4. The summed E-state index contributed by atoms with van der Waals surface area (Å²) in [5, 5.41) is 5.76. The van der Waals surface area contributed by atoms with E-state index in [9.17, 15) is 27.6 Å². The molecule has 11 heteroatoms. The maximum absolute atomic E-state index is 13.4. The molecule has 184 valence electrons. The Bertz CT molecular complexity index is 1230. The minimum atomic E-state index is -4.49. The zero-order chi connectivity index (χ0) is 25.5. The van der Waals surface area contributed by atoms with Crippen LogP contribution >= 0.6 is 11.6 Å². The number of carbonyl (C=O) groups excluding carboxylic acids is 3. The molecule has 0 saturated carbocycles. The summed E-state index contributed by atoms with van der Waals surface area (Å²) in [5.74, 6) is -0.967. The molecule has 4 rings (SSSR count). The summed E-state index contributed by atoms with van der Waals surface area (Å²) in [6.07, 6.45) is -4.49. The lowest BCUT2D eigenvalue weighted by Gasteiger charge is -2.31. The lowest BCUT2D eigenvalue weighted by atomic mass is 9.95. The van der Waals surface area contributed by atoms with Crippen molar-refractivity contribution in [3.8, 4) is 0 Å². The van der Waals surface area contributed by atoms with E-state index in [1.54, 1.807) is 24.3 Å². The van der Waals surface area contributed by atoms with Crippen LogP contribution < -0.4 is 10.6 Å². The molecule has 2 aromatic rings. The van der Waals surface area contributed by atoms with Gasteiger partial charge in [-0.1, -0.05) is 41.9 Å². The van der Waals surface area contributed by atoms with Crippen LogP contribution in [-0.2, 0) is 22.3 Å². The number of alkyl halides is 3. The fourth-order valence-electron chi connectivity index (χ4n) is 4.18. The van der Waals surface area contributed by atoms with Crippen LogP contribution in [0.5, 0.6) is 0 Å². The van der Waals surface area contributed by atoms with Crippen LogP contribution in [0.15, 0.2) is 59.8 Å². The van der Waals surface area contributed by atoms with Crippen molar-refractivity contribution in [1.29, 1.82) is 0 Å². The quantitative estimate of drug-likeness (QED) is 0.646. The zero-order valence-electron chi connectivity index (χ0n) is 18.8. The number of benzene rings is 2. The first-order valence-electron chi connectivity index (χ1n) is 10.8. The van der Waals surface area contributed by atoms with Crippen LogP contribution in [0.25, 0.3) is 0 Å². The van der Waals surface area contributed by atoms with Gasteiger partial charge < -0.3 is 15.5 Å². The second kappa shape index (κ2) is 9.26. The molecule has 0 fully saturated rings. The highest BCUT2D eigenvalue weighted by atomic mass is 35.5. The van der Waals surface area contributed by atoms with Gasteiger partial charge in [0.2, 0.25) is 5.91 Å². The molecule has 2 atom stereocenters. The smallest absolute Gasteiger partial charge is 0.350 e. The first kappa shape index (κ1) is 24.6. The Balaban J connectivity index is 1.51. The molecule has 0 bridgehead atoms. The molecular weight excluding hydrogens is 485 g/mol. The Labute approximate surface area is 204 Å². The summed E-state index contributed by atoms with van der Waals surface area (Å²) in [4.78, 5) is 41.4. The van der Waals surface area contributed by atoms with Crippen molar-refractivity contribution in [2.75, 3.05) is 13.6 Å². The number of nitrogens with zero attached hydrogens (tertiary/aromatic N) is 2. The van der Waals surface area contributed by atoms with E-state index in [0.29, 0.717) is 21.9 Å². The third kappa shape index (κ3) is 4.70. The molecule has 0 aromatic heterocycles. The second-order valence-corrected chi connectivity index (χ2v) is 8.76. The summed E-state index contributed by atoms with van der Waals surface area (Å²) in [5.41, 5.74) is 0.799. The fraction of sp³-hybridized carbons (Fsp3) is 0.292. The van der Waals surface area contributed by atoms with Gasteiger partial charge in [-0.2, -0.15) is 13.2 Å². The van der Waals surface area contributed by atoms with Crippen molar-refractivity contribution >= 4 is 29.4 Å². The van der Waals surface area contributed by atoms with Crippen molar-refractivity contribution in [1.82, 2.24) is 20.4 Å². The minimum Gasteiger partial charge on any atom is -0.350 e. The van der Waals surface area contributed by atoms with Gasteiger partial charge in [0.1, 0.15) is 6.04 Å². The summed E-state index contributed by atoms with van der Waals surface area (Å²) >= 11 is 6.32. The highest BCUT2D eigenvalue weighted by Crippen LogP contribution is 2.38. The van der Waals surface area contributed by atoms with Crippen LogP contribution in [0.2, 0.25) is 5.02 Å². The molecule has 35 heavy (non-hydrogen) atoms. The van der Waals surface area contributed by atoms with Crippen LogP contribution in [0.1, 0.15) is 29.7 Å². The molecule has 0 saturated heterocycles. The van der Waals surface area contributed by atoms with Crippen molar-refractivity contribution < 1.29 is 27.6 Å². The van der Waals surface area contributed by atoms with Crippen LogP contribution in [0, 0.1) is 0 Å². The van der Waals surface area contributed by atoms with Gasteiger partial charge in [-0.05, 0) is 36.2 Å². The number of carbonyl (C=O) groups is 3. The van der Waals surface area contributed by atoms with E-state index in [1.807, 2.05) is 0 Å². The van der Waals surface area contributed by atoms with Crippen molar-refractivity contribution in [3.63, 3.8) is 0 Å². The van der Waals surface area contributed by atoms with Crippen molar-refractivity contribution in [3.05, 3.63) is 81.5 Å². The van der Waals surface area contributed by atoms with Gasteiger partial charge in [-0.3, -0.25) is 14.5 Å². The first-order chi connectivity index (χ1) is 16.5. The van der Waals surface area contributed by atoms with Gasteiger partial charge in [0.15, 0.2) is 0 Å². The van der Waals surface area contributed by atoms with E-state index in [2.05, 4.69) is 10.6 Å². The molecule has 2 aliphatic rings. The predicted molar refractivity (Wildman–Crippen MR) is 122 cm³/mol. The summed E-state index contributed by atoms with van der Waals surface area (Å²) in [6, 6.07) is 9.38. The van der Waals surface area contributed by atoms with E-state index < -0.39 is 41.7 Å². The van der Waals surface area contributed by atoms with Gasteiger partial charge in [-0.15, -0.1) is 0 Å². The average Bonchev–Trinajstić information content (AvgIpc) is 3.17. The molecule has 2 unspecified atom stereocenters. The van der Waals surface area contributed by atoms with Gasteiger partial charge in [-0.25, -0.2) is 4.79 Å². The Morgan fingerprint density at radius 3 is 2.60 bits per heavy atom. The molecule has 4 amide bonds. The minimum absolute atomic E-state index is 0.0250. The number of amides is 4. The predicted octanol–water partition coefficient (Wildman–Crippen LogP) is 3.86. The lowest BCUT2D eigenvalue weighted by Crippen LogP contribution is -2.46. The normalized spacial score (nSPS) is 19.0. The topological polar surface area (TPSA) is 81.8 Å². The highest BCUT2D eigenvalue weighted by Gasteiger charge is 2.45. The SMILES string of the molecule is CC(C(=O)NCc1cccc(C(F)(F)F)c1)N1CC2=C(C1=O)C(c1ccccc1Cl)NC(=O)N2C. The Morgan fingerprint density at radius 2 is 1.91 bits per heavy atom. The monoisotopic (exact) mass is 506 g/mol. The molecule has 0 radical (unpaired) electrons. The Hall–Kier alpha value is -3.53. The van der Waals surface area contributed by atoms with Crippen LogP contribution in [0.4, 0.5) is 18.0 Å². The molecular formula is C24H22ClF3N4O3. The number of nitrogens with one attached hydrogen (secondary N) is 2. The number of rotatable bonds is 5. The number of hydrogen-bond donors (Lipinski definition) is 2. The third-order valence-electron chi connectivity index (χ3n) is 6.17. The first-order valence-corrected chi connectivity index (χ1v) is 11.1. The van der Waals surface area contributed by atoms with Crippen LogP contribution in [-0.4, -0.2) is 47.3 Å². The third-order valence-corrected chi connectivity index (χ3v) is 6.52. The van der Waals surface area contributed by atoms with Gasteiger partial charge in [0.25, 0.3) is 5.91 Å². The number of likely N-dealkylation sites (N-methyl/N-ethyl adjacent to an activating group) is 1. The van der Waals surface area contributed by atoms with E-state index in [4.69, 9.17) is 11.6 Å². The summed E-state index contributed by atoms with van der Waals surface area (Å²) in [6.45, 7) is 1.42. The van der Waals surface area contributed by atoms with Crippen molar-refractivity contribution in [2.24, 2.45) is 0 Å². The van der Waals surface area contributed by atoms with E-state index in [-0.39, 0.29) is 18.7 Å². The van der Waals surface area contributed by atoms with E-state index in [0.717, 1.165) is 12.1 Å². The highest BCUT2D eigenvalue weighted by molar-refractivity contribution is 6.31. The Kier molecular flexibility index (Phi) is 6.50. The Morgan fingerprint density at radius 1 is 1.20 bits per heavy atom. The average molecular weight is 507 g/mol. The summed E-state index contributed by atoms with van der Waals surface area (Å²) < 4.78 is 38.8. The number of hydrogen-bond acceptors (Lipinski definition) is 3. The molecule has 2 aromatic carbocycles. The molecule has 0 spiro atoms. The molecule has 0 aliphatic carbocycles. The number of urea groups is 1. The molecule has 7 nitrogen and oxygen atoms in total. The maximum atomic E-state index is 13.4. The largest absolute Gasteiger partial charge is 0.416 e. The maximum Gasteiger partial charge on any atom is 0.416 e. The molecule has 2 aliphatic heterocycles. The zero-order valence-corrected chi connectivity index (χ0v) is 19.6. The van der Waals surface area contributed by atoms with E-state index >= 15 is 0 Å². The summed E-state index contributed by atoms with van der Waals surface area (Å²) in [7, 11) is 1.53. The van der Waals surface area contributed by atoms with Gasteiger partial charge >= 0.3 is 12.2 Å². The molecule has 2 N–H and O–H groups in total. The second-order valence-electron chi connectivity index (χ2n) is 8.35. The van der Waals surface area contributed by atoms with Crippen molar-refractivity contribution in [2.45, 2.75) is 31.7 Å². The van der Waals surface area contributed by atoms with Crippen LogP contribution in [0.3, 0.4) is 0 Å². The lowest BCUT2D eigenvalue weighted by molar-refractivity contribution is -0.137. The fourth-order valence-corrected chi connectivity index (χ4v) is 4.42. The van der Waals surface area contributed by atoms with Gasteiger partial charge in [0.05, 0.1) is 29.4 Å². The molecule has 2 heterocycles. The standard InChI is InChI=1S/C24H22ClF3N4O3/c1-13(21(33)29-11-14-6-5-7-15(10-14)24(26,27)28)32-12-18-19(22(32)34)20(30-23(35)31(18)2)16-8-3-4-9-17(16)25/h3-10,13,20H,11-12H2,1-2H3,(H,29,33)(H,30,35). The van der Waals surface area contributed by atoms with Gasteiger partial charge in [0, 0.05) is 18.6 Å². The van der Waals surface area contributed by atoms with E-state index in [1.165, 1.54) is 35.9 Å².